The maximum atomic E-state index is 7.75. The first-order chi connectivity index (χ1) is 8.86. The molecule has 2 heterocycles. The van der Waals surface area contributed by atoms with Gasteiger partial charge in [-0.15, -0.1) is 0 Å². The van der Waals surface area contributed by atoms with Crippen LogP contribution < -0.4 is 5.73 Å². The fourth-order valence-electron chi connectivity index (χ4n) is 1.68. The summed E-state index contributed by atoms with van der Waals surface area (Å²) in [6.07, 6.45) is 3.60. The summed E-state index contributed by atoms with van der Waals surface area (Å²) >= 11 is 0. The number of aromatic nitrogens is 2. The zero-order valence-corrected chi connectivity index (χ0v) is 9.95. The van der Waals surface area contributed by atoms with Crippen LogP contribution in [0, 0.1) is 0 Å². The van der Waals surface area contributed by atoms with Crippen LogP contribution in [0.5, 0.6) is 0 Å². The molecule has 4 heteroatoms. The van der Waals surface area contributed by atoms with E-state index in [4.69, 9.17) is 10.8 Å². The molecule has 0 aliphatic heterocycles. The van der Waals surface area contributed by atoms with Gasteiger partial charge in [0.1, 0.15) is 0 Å². The quantitative estimate of drug-likeness (QED) is 0.636. The predicted molar refractivity (Wildman–Crippen MR) is 73.2 cm³/mol. The van der Waals surface area contributed by atoms with Crippen LogP contribution in [0.1, 0.15) is 0 Å². The summed E-state index contributed by atoms with van der Waals surface area (Å²) in [5.74, 6) is 0. The minimum absolute atomic E-state index is 0.0972. The van der Waals surface area contributed by atoms with E-state index in [9.17, 15) is 0 Å². The minimum Gasteiger partial charge on any atom is -0.395 e. The normalized spacial score (nSPS) is 10.1. The zero-order chi connectivity index (χ0) is 12.8. The second-order valence-corrected chi connectivity index (χ2v) is 3.73. The maximum Gasteiger partial charge on any atom is 0.0964 e. The molecule has 92 valence electrons. The summed E-state index contributed by atoms with van der Waals surface area (Å²) < 4.78 is 0. The third-order valence-electron chi connectivity index (χ3n) is 2.47. The van der Waals surface area contributed by atoms with E-state index in [0.717, 1.165) is 21.8 Å². The molecule has 0 saturated carbocycles. The molecule has 0 atom stereocenters. The lowest BCUT2D eigenvalue weighted by atomic mass is 10.1. The van der Waals surface area contributed by atoms with Crippen LogP contribution in [-0.4, -0.2) is 28.2 Å². The van der Waals surface area contributed by atoms with Crippen LogP contribution in [0.15, 0.2) is 48.8 Å². The molecule has 0 fully saturated rings. The van der Waals surface area contributed by atoms with Crippen molar-refractivity contribution in [1.82, 2.24) is 9.97 Å². The fraction of sp³-hybridized carbons (Fsp3) is 0.143. The number of fused-ring (bicyclic) bond motifs is 3. The predicted octanol–water partition coefficient (Wildman–Crippen LogP) is 1.72. The molecule has 18 heavy (non-hydrogen) atoms. The van der Waals surface area contributed by atoms with Gasteiger partial charge in [-0.2, -0.15) is 0 Å². The molecule has 0 radical (unpaired) electrons. The Bertz CT molecular complexity index is 583. The first-order valence-electron chi connectivity index (χ1n) is 5.76. The fourth-order valence-corrected chi connectivity index (χ4v) is 1.68. The van der Waals surface area contributed by atoms with Crippen molar-refractivity contribution < 1.29 is 5.11 Å². The molecular formula is C14H15N3O. The lowest BCUT2D eigenvalue weighted by Gasteiger charge is -2.00. The summed E-state index contributed by atoms with van der Waals surface area (Å²) in [6, 6.07) is 12.1. The van der Waals surface area contributed by atoms with E-state index in [1.807, 2.05) is 12.1 Å². The molecule has 0 spiro atoms. The Morgan fingerprint density at radius 3 is 1.72 bits per heavy atom. The lowest BCUT2D eigenvalue weighted by Crippen LogP contribution is -2.02. The number of rotatable bonds is 1. The molecule has 0 unspecified atom stereocenters. The maximum absolute atomic E-state index is 7.75. The van der Waals surface area contributed by atoms with Gasteiger partial charge in [-0.1, -0.05) is 24.3 Å². The summed E-state index contributed by atoms with van der Waals surface area (Å²) in [6.45, 7) is 0.472. The van der Waals surface area contributed by atoms with Crippen molar-refractivity contribution in [3.63, 3.8) is 0 Å². The van der Waals surface area contributed by atoms with Crippen LogP contribution in [0.3, 0.4) is 0 Å². The Labute approximate surface area is 105 Å². The van der Waals surface area contributed by atoms with Gasteiger partial charge < -0.3 is 10.8 Å². The first-order valence-corrected chi connectivity index (χ1v) is 5.76. The number of nitrogens with two attached hydrogens (primary N) is 1. The van der Waals surface area contributed by atoms with Crippen LogP contribution >= 0.6 is 0 Å². The Hall–Kier alpha value is -2.04. The van der Waals surface area contributed by atoms with E-state index in [0.29, 0.717) is 6.54 Å². The number of hydrogen-bond acceptors (Lipinski definition) is 4. The Kier molecular flexibility index (Phi) is 4.17. The molecule has 0 amide bonds. The second-order valence-electron chi connectivity index (χ2n) is 3.73. The smallest absolute Gasteiger partial charge is 0.0964 e. The van der Waals surface area contributed by atoms with Crippen molar-refractivity contribution in [2.24, 2.45) is 5.73 Å². The molecule has 0 aliphatic carbocycles. The Morgan fingerprint density at radius 2 is 1.33 bits per heavy atom. The molecule has 2 aromatic heterocycles. The molecule has 0 saturated heterocycles. The topological polar surface area (TPSA) is 72.0 Å². The Morgan fingerprint density at radius 1 is 0.889 bits per heavy atom. The number of benzene rings is 1. The van der Waals surface area contributed by atoms with E-state index < -0.39 is 0 Å². The van der Waals surface area contributed by atoms with Crippen molar-refractivity contribution >= 4 is 21.8 Å². The zero-order valence-electron chi connectivity index (χ0n) is 9.95. The van der Waals surface area contributed by atoms with Gasteiger partial charge in [0.2, 0.25) is 0 Å². The highest BCUT2D eigenvalue weighted by Gasteiger charge is 2.00. The largest absolute Gasteiger partial charge is 0.395 e. The minimum atomic E-state index is 0.0972. The highest BCUT2D eigenvalue weighted by atomic mass is 16.3. The molecule has 3 N–H and O–H groups in total. The van der Waals surface area contributed by atoms with Gasteiger partial charge in [0, 0.05) is 29.7 Å². The summed E-state index contributed by atoms with van der Waals surface area (Å²) in [4.78, 5) is 8.69. The number of aliphatic hydroxyl groups excluding tert-OH is 1. The average Bonchev–Trinajstić information content (AvgIpc) is 2.47. The monoisotopic (exact) mass is 241 g/mol. The van der Waals surface area contributed by atoms with E-state index >= 15 is 0 Å². The van der Waals surface area contributed by atoms with Crippen molar-refractivity contribution in [2.75, 3.05) is 13.2 Å². The van der Waals surface area contributed by atoms with Gasteiger partial charge in [0.05, 0.1) is 17.6 Å². The van der Waals surface area contributed by atoms with E-state index in [2.05, 4.69) is 34.2 Å². The van der Waals surface area contributed by atoms with Gasteiger partial charge in [0.25, 0.3) is 0 Å². The first kappa shape index (κ1) is 12.4. The van der Waals surface area contributed by atoms with Crippen molar-refractivity contribution in [3.05, 3.63) is 48.8 Å². The number of pyridine rings is 2. The van der Waals surface area contributed by atoms with Gasteiger partial charge >= 0.3 is 0 Å². The Balaban J connectivity index is 0.000000267. The van der Waals surface area contributed by atoms with Crippen LogP contribution in [0.4, 0.5) is 0 Å². The van der Waals surface area contributed by atoms with Crippen LogP contribution in [-0.2, 0) is 0 Å². The molecule has 0 bridgehead atoms. The summed E-state index contributed by atoms with van der Waals surface area (Å²) in [5.41, 5.74) is 6.73. The summed E-state index contributed by atoms with van der Waals surface area (Å²) in [5, 5.41) is 10.0. The van der Waals surface area contributed by atoms with E-state index in [1.165, 1.54) is 0 Å². The highest BCUT2D eigenvalue weighted by molar-refractivity contribution is 6.02. The van der Waals surface area contributed by atoms with E-state index in [1.54, 1.807) is 12.4 Å². The third-order valence-corrected chi connectivity index (χ3v) is 2.47. The molecule has 4 nitrogen and oxygen atoms in total. The molecule has 1 aromatic carbocycles. The highest BCUT2D eigenvalue weighted by Crippen LogP contribution is 2.20. The third kappa shape index (κ3) is 2.61. The molecule has 3 aromatic rings. The molecule has 3 rings (SSSR count). The average molecular weight is 241 g/mol. The lowest BCUT2D eigenvalue weighted by molar-refractivity contribution is 0.306. The van der Waals surface area contributed by atoms with Gasteiger partial charge in [0.15, 0.2) is 0 Å². The van der Waals surface area contributed by atoms with Crippen molar-refractivity contribution in [3.8, 4) is 0 Å². The molecular weight excluding hydrogens is 226 g/mol. The van der Waals surface area contributed by atoms with Crippen molar-refractivity contribution in [2.45, 2.75) is 0 Å². The van der Waals surface area contributed by atoms with Gasteiger partial charge in [-0.3, -0.25) is 9.97 Å². The van der Waals surface area contributed by atoms with Gasteiger partial charge in [-0.25, -0.2) is 0 Å². The van der Waals surface area contributed by atoms with E-state index in [-0.39, 0.29) is 6.61 Å². The standard InChI is InChI=1S/C12H8N2.C2H7NO/c1-3-9-5-6-10-4-2-8-14-12(10)11(9)13-7-1;3-1-2-4/h1-8H;4H,1-3H2. The second kappa shape index (κ2) is 6.05. The number of aliphatic hydroxyl groups is 1. The van der Waals surface area contributed by atoms with Crippen molar-refractivity contribution in [1.29, 1.82) is 0 Å². The number of nitrogens with zero attached hydrogens (tertiary/aromatic N) is 2. The summed E-state index contributed by atoms with van der Waals surface area (Å²) in [7, 11) is 0. The van der Waals surface area contributed by atoms with Crippen LogP contribution in [0.2, 0.25) is 0 Å². The van der Waals surface area contributed by atoms with Crippen LogP contribution in [0.25, 0.3) is 21.8 Å². The SMILES string of the molecule is NCCO.c1cnc2c(c1)ccc1cccnc12. The van der Waals surface area contributed by atoms with Gasteiger partial charge in [-0.05, 0) is 12.1 Å². The molecule has 0 aliphatic rings. The number of hydrogen-bond donors (Lipinski definition) is 2.